The average Bonchev–Trinajstić information content (AvgIpc) is 2.37. The minimum atomic E-state index is -0.748. The second-order valence-electron chi connectivity index (χ2n) is 4.72. The lowest BCUT2D eigenvalue weighted by molar-refractivity contribution is -0.137. The van der Waals surface area contributed by atoms with E-state index in [9.17, 15) is 4.79 Å². The molecule has 2 unspecified atom stereocenters. The molecule has 0 spiro atoms. The van der Waals surface area contributed by atoms with Gasteiger partial charge in [-0.05, 0) is 44.9 Å². The van der Waals surface area contributed by atoms with Crippen molar-refractivity contribution in [2.24, 2.45) is 0 Å². The highest BCUT2D eigenvalue weighted by molar-refractivity contribution is 5.66. The number of hydrogen-bond acceptors (Lipinski definition) is 3. The Morgan fingerprint density at radius 1 is 1.32 bits per heavy atom. The molecule has 0 aromatic heterocycles. The highest BCUT2D eigenvalue weighted by Crippen LogP contribution is 2.18. The number of carbonyl (C=O) groups is 1. The first-order valence-electron chi connectivity index (χ1n) is 6.73. The second-order valence-corrected chi connectivity index (χ2v) is 4.72. The van der Waals surface area contributed by atoms with Gasteiger partial charge in [0.1, 0.15) is 5.75 Å². The maximum atomic E-state index is 10.5. The Balaban J connectivity index is 2.47. The Kier molecular flexibility index (Phi) is 6.36. The van der Waals surface area contributed by atoms with E-state index in [2.05, 4.69) is 12.2 Å². The predicted octanol–water partition coefficient (Wildman–Crippen LogP) is 2.99. The molecule has 0 amide bonds. The summed E-state index contributed by atoms with van der Waals surface area (Å²) in [6.07, 6.45) is 0.834. The predicted molar refractivity (Wildman–Crippen MR) is 75.5 cm³/mol. The summed E-state index contributed by atoms with van der Waals surface area (Å²) in [4.78, 5) is 10.5. The summed E-state index contributed by atoms with van der Waals surface area (Å²) in [6.45, 7) is 6.71. The molecule has 0 heterocycles. The first kappa shape index (κ1) is 15.5. The van der Waals surface area contributed by atoms with E-state index in [1.807, 2.05) is 38.1 Å². The monoisotopic (exact) mass is 265 g/mol. The Morgan fingerprint density at radius 2 is 1.95 bits per heavy atom. The number of benzene rings is 1. The highest BCUT2D eigenvalue weighted by Gasteiger charge is 2.10. The third kappa shape index (κ3) is 5.75. The molecule has 4 heteroatoms. The molecule has 2 atom stereocenters. The summed E-state index contributed by atoms with van der Waals surface area (Å²) in [5.41, 5.74) is 1.17. The third-order valence-corrected chi connectivity index (χ3v) is 3.02. The smallest absolute Gasteiger partial charge is 0.303 e. The summed E-state index contributed by atoms with van der Waals surface area (Å²) in [6, 6.07) is 8.36. The minimum Gasteiger partial charge on any atom is -0.494 e. The largest absolute Gasteiger partial charge is 0.494 e. The van der Waals surface area contributed by atoms with Crippen molar-refractivity contribution in [3.8, 4) is 5.75 Å². The maximum absolute atomic E-state index is 10.5. The van der Waals surface area contributed by atoms with Crippen LogP contribution in [0, 0.1) is 0 Å². The van der Waals surface area contributed by atoms with E-state index in [1.54, 1.807) is 0 Å². The van der Waals surface area contributed by atoms with Gasteiger partial charge in [-0.1, -0.05) is 12.1 Å². The van der Waals surface area contributed by atoms with Crippen LogP contribution in [-0.2, 0) is 4.79 Å². The van der Waals surface area contributed by atoms with Crippen molar-refractivity contribution in [1.29, 1.82) is 0 Å². The fraction of sp³-hybridized carbons (Fsp3) is 0.533. The zero-order chi connectivity index (χ0) is 14.3. The van der Waals surface area contributed by atoms with Crippen molar-refractivity contribution in [2.45, 2.75) is 45.7 Å². The standard InChI is InChI=1S/C15H23NO3/c1-4-19-14-8-6-13(7-9-14)12(3)16-11(2)5-10-15(17)18/h6-9,11-12,16H,4-5,10H2,1-3H3,(H,17,18). The van der Waals surface area contributed by atoms with Crippen LogP contribution in [0.5, 0.6) is 5.75 Å². The van der Waals surface area contributed by atoms with Crippen LogP contribution >= 0.6 is 0 Å². The van der Waals surface area contributed by atoms with E-state index in [0.29, 0.717) is 13.0 Å². The molecule has 0 bridgehead atoms. The minimum absolute atomic E-state index is 0.178. The molecular weight excluding hydrogens is 242 g/mol. The number of carboxylic acids is 1. The van der Waals surface area contributed by atoms with Crippen LogP contribution in [0.2, 0.25) is 0 Å². The Morgan fingerprint density at radius 3 is 2.47 bits per heavy atom. The van der Waals surface area contributed by atoms with E-state index in [-0.39, 0.29) is 18.5 Å². The number of rotatable bonds is 8. The maximum Gasteiger partial charge on any atom is 0.303 e. The van der Waals surface area contributed by atoms with Gasteiger partial charge in [0.05, 0.1) is 6.61 Å². The van der Waals surface area contributed by atoms with E-state index in [0.717, 1.165) is 5.75 Å². The molecule has 0 saturated carbocycles. The van der Waals surface area contributed by atoms with E-state index < -0.39 is 5.97 Å². The Hall–Kier alpha value is -1.55. The van der Waals surface area contributed by atoms with Gasteiger partial charge in [-0.2, -0.15) is 0 Å². The summed E-state index contributed by atoms with van der Waals surface area (Å²) >= 11 is 0. The molecule has 0 radical (unpaired) electrons. The van der Waals surface area contributed by atoms with Gasteiger partial charge < -0.3 is 15.2 Å². The molecule has 1 aromatic carbocycles. The van der Waals surface area contributed by atoms with Gasteiger partial charge in [0.15, 0.2) is 0 Å². The van der Waals surface area contributed by atoms with Crippen LogP contribution in [0.25, 0.3) is 0 Å². The number of nitrogens with one attached hydrogen (secondary N) is 1. The van der Waals surface area contributed by atoms with Crippen molar-refractivity contribution in [1.82, 2.24) is 5.32 Å². The zero-order valence-electron chi connectivity index (χ0n) is 11.8. The molecule has 0 saturated heterocycles. The topological polar surface area (TPSA) is 58.6 Å². The van der Waals surface area contributed by atoms with Gasteiger partial charge in [-0.3, -0.25) is 4.79 Å². The van der Waals surface area contributed by atoms with E-state index in [1.165, 1.54) is 5.56 Å². The van der Waals surface area contributed by atoms with Crippen molar-refractivity contribution in [3.63, 3.8) is 0 Å². The molecule has 4 nitrogen and oxygen atoms in total. The van der Waals surface area contributed by atoms with Crippen LogP contribution in [0.3, 0.4) is 0 Å². The zero-order valence-corrected chi connectivity index (χ0v) is 11.8. The fourth-order valence-electron chi connectivity index (χ4n) is 1.97. The van der Waals surface area contributed by atoms with Gasteiger partial charge >= 0.3 is 5.97 Å². The first-order valence-corrected chi connectivity index (χ1v) is 6.73. The van der Waals surface area contributed by atoms with Crippen LogP contribution < -0.4 is 10.1 Å². The highest BCUT2D eigenvalue weighted by atomic mass is 16.5. The average molecular weight is 265 g/mol. The lowest BCUT2D eigenvalue weighted by atomic mass is 10.1. The van der Waals surface area contributed by atoms with Crippen LogP contribution in [0.1, 0.15) is 45.2 Å². The van der Waals surface area contributed by atoms with Gasteiger partial charge in [0, 0.05) is 18.5 Å². The molecule has 0 aliphatic heterocycles. The summed E-state index contributed by atoms with van der Waals surface area (Å²) in [5.74, 6) is 0.125. The summed E-state index contributed by atoms with van der Waals surface area (Å²) in [7, 11) is 0. The van der Waals surface area contributed by atoms with Crippen molar-refractivity contribution in [3.05, 3.63) is 29.8 Å². The summed E-state index contributed by atoms with van der Waals surface area (Å²) in [5, 5.41) is 12.1. The molecule has 2 N–H and O–H groups in total. The Labute approximate surface area is 114 Å². The van der Waals surface area contributed by atoms with Crippen molar-refractivity contribution >= 4 is 5.97 Å². The third-order valence-electron chi connectivity index (χ3n) is 3.02. The lowest BCUT2D eigenvalue weighted by Gasteiger charge is -2.20. The quantitative estimate of drug-likeness (QED) is 0.758. The van der Waals surface area contributed by atoms with E-state index in [4.69, 9.17) is 9.84 Å². The normalized spacial score (nSPS) is 13.8. The van der Waals surface area contributed by atoms with Gasteiger partial charge in [-0.25, -0.2) is 0 Å². The molecule has 106 valence electrons. The SMILES string of the molecule is CCOc1ccc(C(C)NC(C)CCC(=O)O)cc1. The first-order chi connectivity index (χ1) is 9.02. The molecule has 0 fully saturated rings. The van der Waals surface area contributed by atoms with Gasteiger partial charge in [0.25, 0.3) is 0 Å². The van der Waals surface area contributed by atoms with Gasteiger partial charge in [-0.15, -0.1) is 0 Å². The molecule has 19 heavy (non-hydrogen) atoms. The molecular formula is C15H23NO3. The summed E-state index contributed by atoms with van der Waals surface area (Å²) < 4.78 is 5.40. The lowest BCUT2D eigenvalue weighted by Crippen LogP contribution is -2.29. The van der Waals surface area contributed by atoms with Crippen molar-refractivity contribution in [2.75, 3.05) is 6.61 Å². The molecule has 1 rings (SSSR count). The van der Waals surface area contributed by atoms with Crippen LogP contribution in [0.15, 0.2) is 24.3 Å². The number of aliphatic carboxylic acids is 1. The molecule has 0 aliphatic rings. The number of hydrogen-bond donors (Lipinski definition) is 2. The molecule has 1 aromatic rings. The van der Waals surface area contributed by atoms with Crippen LogP contribution in [0.4, 0.5) is 0 Å². The number of ether oxygens (including phenoxy) is 1. The van der Waals surface area contributed by atoms with Gasteiger partial charge in [0.2, 0.25) is 0 Å². The second kappa shape index (κ2) is 7.79. The van der Waals surface area contributed by atoms with Crippen molar-refractivity contribution < 1.29 is 14.6 Å². The fourth-order valence-corrected chi connectivity index (χ4v) is 1.97. The van der Waals surface area contributed by atoms with E-state index >= 15 is 0 Å². The Bertz CT molecular complexity index is 389. The van der Waals surface area contributed by atoms with Crippen LogP contribution in [-0.4, -0.2) is 23.7 Å². The molecule has 0 aliphatic carbocycles. The number of carboxylic acid groups (broad SMARTS) is 1.